The van der Waals surface area contributed by atoms with E-state index in [-0.39, 0.29) is 12.0 Å². The smallest absolute Gasteiger partial charge is 0.222 e. The second kappa shape index (κ2) is 8.16. The largest absolute Gasteiger partial charge is 0.368 e. The Hall–Kier alpha value is -3.38. The van der Waals surface area contributed by atoms with Gasteiger partial charge < -0.3 is 25.8 Å². The molecule has 1 saturated heterocycles. The molecule has 1 aliphatic rings. The molecule has 1 fully saturated rings. The number of rotatable bonds is 5. The van der Waals surface area contributed by atoms with Gasteiger partial charge in [-0.1, -0.05) is 6.92 Å². The molecular formula is C21H27N9. The predicted molar refractivity (Wildman–Crippen MR) is 118 cm³/mol. The molecule has 9 nitrogen and oxygen atoms in total. The van der Waals surface area contributed by atoms with Gasteiger partial charge in [0.25, 0.3) is 0 Å². The summed E-state index contributed by atoms with van der Waals surface area (Å²) in [5, 5.41) is 16.4. The lowest BCUT2D eigenvalue weighted by Crippen LogP contribution is -2.44. The second-order valence-electron chi connectivity index (χ2n) is 7.57. The second-order valence-corrected chi connectivity index (χ2v) is 7.57. The lowest BCUT2D eigenvalue weighted by atomic mass is 10.1. The van der Waals surface area contributed by atoms with E-state index in [1.54, 1.807) is 6.92 Å². The van der Waals surface area contributed by atoms with E-state index in [9.17, 15) is 5.26 Å². The summed E-state index contributed by atoms with van der Waals surface area (Å²) in [6.07, 6.45) is 2.80. The van der Waals surface area contributed by atoms with E-state index in [1.165, 1.54) is 0 Å². The van der Waals surface area contributed by atoms with Gasteiger partial charge in [-0.15, -0.1) is 0 Å². The third kappa shape index (κ3) is 3.62. The molecule has 0 aliphatic carbocycles. The lowest BCUT2D eigenvalue weighted by Gasteiger charge is -2.32. The van der Waals surface area contributed by atoms with Crippen molar-refractivity contribution in [3.8, 4) is 6.07 Å². The summed E-state index contributed by atoms with van der Waals surface area (Å²) in [5.74, 6) is 0.605. The molecule has 3 aromatic rings. The number of nitrogens with one attached hydrogen (secondary N) is 2. The first kappa shape index (κ1) is 19.9. The Balaban J connectivity index is 1.81. The van der Waals surface area contributed by atoms with Crippen LogP contribution in [0.4, 0.5) is 17.5 Å². The number of nitrogens with two attached hydrogens (primary N) is 1. The van der Waals surface area contributed by atoms with Crippen LogP contribution >= 0.6 is 0 Å². The minimum Gasteiger partial charge on any atom is -0.368 e. The van der Waals surface area contributed by atoms with Gasteiger partial charge in [-0.05, 0) is 25.5 Å². The zero-order chi connectivity index (χ0) is 21.3. The monoisotopic (exact) mass is 405 g/mol. The zero-order valence-corrected chi connectivity index (χ0v) is 17.6. The van der Waals surface area contributed by atoms with Crippen molar-refractivity contribution in [3.05, 3.63) is 35.3 Å². The molecule has 4 N–H and O–H groups in total. The van der Waals surface area contributed by atoms with E-state index in [4.69, 9.17) is 10.7 Å². The Morgan fingerprint density at radius 3 is 2.77 bits per heavy atom. The van der Waals surface area contributed by atoms with Crippen LogP contribution < -0.4 is 21.3 Å². The molecule has 4 rings (SSSR count). The van der Waals surface area contributed by atoms with Gasteiger partial charge in [0.2, 0.25) is 5.95 Å². The summed E-state index contributed by atoms with van der Waals surface area (Å²) in [6, 6.07) is 6.32. The molecule has 0 aromatic carbocycles. The molecule has 30 heavy (non-hydrogen) atoms. The molecule has 1 aliphatic heterocycles. The Bertz CT molecular complexity index is 1110. The summed E-state index contributed by atoms with van der Waals surface area (Å²) in [6.45, 7) is 7.58. The van der Waals surface area contributed by atoms with Crippen LogP contribution in [0.5, 0.6) is 0 Å². The van der Waals surface area contributed by atoms with E-state index in [2.05, 4.69) is 49.1 Å². The van der Waals surface area contributed by atoms with E-state index in [1.807, 2.05) is 19.3 Å². The van der Waals surface area contributed by atoms with Crippen LogP contribution in [0.25, 0.3) is 11.0 Å². The molecule has 4 heterocycles. The summed E-state index contributed by atoms with van der Waals surface area (Å²) in [5.41, 5.74) is 11.0. The van der Waals surface area contributed by atoms with Crippen molar-refractivity contribution in [2.75, 3.05) is 42.1 Å². The average Bonchev–Trinajstić information content (AvgIpc) is 3.11. The minimum absolute atomic E-state index is 0.125. The van der Waals surface area contributed by atoms with Crippen molar-refractivity contribution < 1.29 is 0 Å². The molecule has 9 heteroatoms. The number of nitriles is 1. The number of fused-ring (bicyclic) bond motifs is 1. The maximum atomic E-state index is 9.60. The normalized spacial score (nSPS) is 15.2. The fourth-order valence-electron chi connectivity index (χ4n) is 3.97. The molecule has 3 aromatic heterocycles. The highest BCUT2D eigenvalue weighted by molar-refractivity contribution is 5.81. The molecule has 1 atom stereocenters. The first-order valence-electron chi connectivity index (χ1n) is 10.2. The van der Waals surface area contributed by atoms with Gasteiger partial charge in [0, 0.05) is 39.4 Å². The van der Waals surface area contributed by atoms with Gasteiger partial charge in [-0.25, -0.2) is 9.97 Å². The first-order valence-corrected chi connectivity index (χ1v) is 10.2. The maximum absolute atomic E-state index is 9.60. The number of nitrogen functional groups attached to an aromatic ring is 1. The highest BCUT2D eigenvalue weighted by Crippen LogP contribution is 2.33. The van der Waals surface area contributed by atoms with Crippen LogP contribution in [0.3, 0.4) is 0 Å². The fraction of sp³-hybridized carbons (Fsp3) is 0.429. The van der Waals surface area contributed by atoms with Crippen LogP contribution in [0.1, 0.15) is 36.3 Å². The van der Waals surface area contributed by atoms with Crippen molar-refractivity contribution in [2.24, 2.45) is 7.05 Å². The standard InChI is InChI=1S/C21H27N9/c1-4-15(27-20-14(12-22)13(2)25-21(23)28-20)19-18(30-9-6-24-7-10-30)11-17-16(26-19)5-8-29(17)3/h5,8,11,15,24H,4,6-7,9-10H2,1-3H3,(H3,23,25,27,28). The van der Waals surface area contributed by atoms with E-state index < -0.39 is 0 Å². The Morgan fingerprint density at radius 2 is 2.07 bits per heavy atom. The number of hydrogen-bond acceptors (Lipinski definition) is 8. The quantitative estimate of drug-likeness (QED) is 0.590. The lowest BCUT2D eigenvalue weighted by molar-refractivity contribution is 0.584. The van der Waals surface area contributed by atoms with Crippen LogP contribution in [0.15, 0.2) is 18.3 Å². The summed E-state index contributed by atoms with van der Waals surface area (Å²) in [4.78, 5) is 15.8. The predicted octanol–water partition coefficient (Wildman–Crippen LogP) is 2.10. The number of nitrogens with zero attached hydrogens (tertiary/aromatic N) is 6. The third-order valence-corrected chi connectivity index (χ3v) is 5.60. The Labute approximate surface area is 175 Å². The van der Waals surface area contributed by atoms with E-state index in [0.717, 1.165) is 55.0 Å². The van der Waals surface area contributed by atoms with Crippen molar-refractivity contribution in [2.45, 2.75) is 26.3 Å². The number of pyridine rings is 1. The van der Waals surface area contributed by atoms with E-state index >= 15 is 0 Å². The van der Waals surface area contributed by atoms with Crippen LogP contribution in [0.2, 0.25) is 0 Å². The van der Waals surface area contributed by atoms with Crippen molar-refractivity contribution >= 4 is 28.5 Å². The average molecular weight is 406 g/mol. The topological polar surface area (TPSA) is 121 Å². The van der Waals surface area contributed by atoms with Gasteiger partial charge in [-0.3, -0.25) is 0 Å². The first-order chi connectivity index (χ1) is 14.5. The molecule has 0 radical (unpaired) electrons. The van der Waals surface area contributed by atoms with Gasteiger partial charge in [0.05, 0.1) is 34.2 Å². The minimum atomic E-state index is -0.125. The zero-order valence-electron chi connectivity index (χ0n) is 17.6. The summed E-state index contributed by atoms with van der Waals surface area (Å²) < 4.78 is 2.09. The number of aryl methyl sites for hydroxylation is 2. The number of aromatic nitrogens is 4. The SMILES string of the molecule is CCC(Nc1nc(N)nc(C)c1C#N)c1nc2ccn(C)c2cc1N1CCNCC1. The number of anilines is 3. The van der Waals surface area contributed by atoms with E-state index in [0.29, 0.717) is 17.1 Å². The third-order valence-electron chi connectivity index (χ3n) is 5.60. The van der Waals surface area contributed by atoms with Crippen molar-refractivity contribution in [1.82, 2.24) is 24.8 Å². The van der Waals surface area contributed by atoms with Crippen molar-refractivity contribution in [3.63, 3.8) is 0 Å². The van der Waals surface area contributed by atoms with Crippen molar-refractivity contribution in [1.29, 1.82) is 5.26 Å². The van der Waals surface area contributed by atoms with Crippen LogP contribution in [0, 0.1) is 18.3 Å². The molecule has 0 amide bonds. The highest BCUT2D eigenvalue weighted by atomic mass is 15.2. The van der Waals surface area contributed by atoms with Crippen LogP contribution in [-0.2, 0) is 7.05 Å². The molecule has 156 valence electrons. The number of piperazine rings is 1. The van der Waals surface area contributed by atoms with Gasteiger partial charge in [-0.2, -0.15) is 10.2 Å². The van der Waals surface area contributed by atoms with Gasteiger partial charge in [0.15, 0.2) is 0 Å². The maximum Gasteiger partial charge on any atom is 0.222 e. The van der Waals surface area contributed by atoms with Crippen LogP contribution in [-0.4, -0.2) is 45.7 Å². The molecular weight excluding hydrogens is 378 g/mol. The number of hydrogen-bond donors (Lipinski definition) is 3. The Kier molecular flexibility index (Phi) is 5.42. The summed E-state index contributed by atoms with van der Waals surface area (Å²) >= 11 is 0. The molecule has 1 unspecified atom stereocenters. The fourth-order valence-corrected chi connectivity index (χ4v) is 3.97. The molecule has 0 saturated carbocycles. The van der Waals surface area contributed by atoms with Gasteiger partial charge >= 0.3 is 0 Å². The molecule has 0 spiro atoms. The summed E-state index contributed by atoms with van der Waals surface area (Å²) in [7, 11) is 2.03. The van der Waals surface area contributed by atoms with Gasteiger partial charge in [0.1, 0.15) is 17.5 Å². The highest BCUT2D eigenvalue weighted by Gasteiger charge is 2.24. The Morgan fingerprint density at radius 1 is 1.30 bits per heavy atom. The molecule has 0 bridgehead atoms.